The third kappa shape index (κ3) is 2.86. The van der Waals surface area contributed by atoms with E-state index in [0.29, 0.717) is 28.7 Å². The Morgan fingerprint density at radius 2 is 1.95 bits per heavy atom. The molecule has 2 heterocycles. The van der Waals surface area contributed by atoms with E-state index >= 15 is 0 Å². The molecule has 104 valence electrons. The van der Waals surface area contributed by atoms with Crippen LogP contribution in [-0.2, 0) is 0 Å². The monoisotopic (exact) mass is 283 g/mol. The molecule has 1 fully saturated rings. The van der Waals surface area contributed by atoms with Crippen LogP contribution in [0.2, 0.25) is 0 Å². The van der Waals surface area contributed by atoms with E-state index < -0.39 is 11.9 Å². The number of anilines is 1. The summed E-state index contributed by atoms with van der Waals surface area (Å²) in [6.45, 7) is 2.68. The number of likely N-dealkylation sites (N-methyl/N-ethyl adjacent to an activating group) is 1. The van der Waals surface area contributed by atoms with Crippen molar-refractivity contribution in [3.8, 4) is 0 Å². The summed E-state index contributed by atoms with van der Waals surface area (Å²) >= 11 is 1.18. The quantitative estimate of drug-likeness (QED) is 0.430. The van der Waals surface area contributed by atoms with Crippen LogP contribution in [0.3, 0.4) is 0 Å². The lowest BCUT2D eigenvalue weighted by Gasteiger charge is -2.33. The maximum Gasteiger partial charge on any atom is 0.341 e. The molecule has 7 nitrogen and oxygen atoms in total. The third-order valence-electron chi connectivity index (χ3n) is 3.09. The van der Waals surface area contributed by atoms with Gasteiger partial charge in [-0.25, -0.2) is 10.6 Å². The summed E-state index contributed by atoms with van der Waals surface area (Å²) < 4.78 is 0. The van der Waals surface area contributed by atoms with Gasteiger partial charge in [0.25, 0.3) is 5.91 Å². The second-order valence-corrected chi connectivity index (χ2v) is 5.37. The second kappa shape index (κ2) is 5.55. The zero-order valence-corrected chi connectivity index (χ0v) is 11.5. The van der Waals surface area contributed by atoms with Gasteiger partial charge in [-0.3, -0.25) is 4.79 Å². The average Bonchev–Trinajstić information content (AvgIpc) is 2.83. The SMILES string of the molecule is CN1CCN(C(=O)N(N)C(=O)c2sccc2N)CC1. The lowest BCUT2D eigenvalue weighted by atomic mass is 10.3. The molecule has 1 aromatic heterocycles. The van der Waals surface area contributed by atoms with Crippen molar-refractivity contribution in [1.29, 1.82) is 0 Å². The molecule has 1 aliphatic rings. The van der Waals surface area contributed by atoms with Gasteiger partial charge < -0.3 is 15.5 Å². The number of piperazine rings is 1. The number of hydrogen-bond donors (Lipinski definition) is 2. The minimum absolute atomic E-state index is 0.296. The largest absolute Gasteiger partial charge is 0.397 e. The zero-order chi connectivity index (χ0) is 14.0. The van der Waals surface area contributed by atoms with Gasteiger partial charge in [0.2, 0.25) is 0 Å². The summed E-state index contributed by atoms with van der Waals surface area (Å²) in [5.74, 6) is 5.06. The second-order valence-electron chi connectivity index (χ2n) is 4.45. The average molecular weight is 283 g/mol. The first-order chi connectivity index (χ1) is 9.00. The van der Waals surface area contributed by atoms with Gasteiger partial charge in [0, 0.05) is 26.2 Å². The molecule has 1 aliphatic heterocycles. The summed E-state index contributed by atoms with van der Waals surface area (Å²) in [7, 11) is 1.99. The standard InChI is InChI=1S/C11H17N5O2S/c1-14-3-5-15(6-4-14)11(18)16(13)10(17)9-8(12)2-7-19-9/h2,7H,3-6,12-13H2,1H3. The van der Waals surface area contributed by atoms with Gasteiger partial charge in [-0.15, -0.1) is 11.3 Å². The lowest BCUT2D eigenvalue weighted by molar-refractivity contribution is 0.0733. The molecule has 0 radical (unpaired) electrons. The Bertz CT molecular complexity index is 481. The van der Waals surface area contributed by atoms with Crippen molar-refractivity contribution in [3.05, 3.63) is 16.3 Å². The van der Waals surface area contributed by atoms with Crippen LogP contribution in [0.15, 0.2) is 11.4 Å². The summed E-state index contributed by atoms with van der Waals surface area (Å²) in [6, 6.07) is 1.14. The van der Waals surface area contributed by atoms with Crippen molar-refractivity contribution in [1.82, 2.24) is 14.8 Å². The van der Waals surface area contributed by atoms with E-state index in [1.54, 1.807) is 16.3 Å². The highest BCUT2D eigenvalue weighted by Gasteiger charge is 2.28. The van der Waals surface area contributed by atoms with Crippen molar-refractivity contribution in [2.45, 2.75) is 0 Å². The Kier molecular flexibility index (Phi) is 4.03. The molecule has 0 bridgehead atoms. The molecule has 4 N–H and O–H groups in total. The van der Waals surface area contributed by atoms with Gasteiger partial charge in [-0.1, -0.05) is 0 Å². The number of amides is 3. The molecule has 2 rings (SSSR count). The fourth-order valence-corrected chi connectivity index (χ4v) is 2.59. The Balaban J connectivity index is 2.03. The van der Waals surface area contributed by atoms with Crippen molar-refractivity contribution in [2.75, 3.05) is 39.0 Å². The van der Waals surface area contributed by atoms with E-state index in [-0.39, 0.29) is 0 Å². The molecule has 1 saturated heterocycles. The number of rotatable bonds is 1. The molecule has 0 unspecified atom stereocenters. The first-order valence-electron chi connectivity index (χ1n) is 5.90. The normalized spacial score (nSPS) is 16.4. The third-order valence-corrected chi connectivity index (χ3v) is 4.01. The Labute approximate surface area is 115 Å². The Morgan fingerprint density at radius 3 is 2.47 bits per heavy atom. The highest BCUT2D eigenvalue weighted by Crippen LogP contribution is 2.20. The number of urea groups is 1. The van der Waals surface area contributed by atoms with Gasteiger partial charge in [0.05, 0.1) is 5.69 Å². The highest BCUT2D eigenvalue weighted by atomic mass is 32.1. The molecule has 0 atom stereocenters. The molecule has 8 heteroatoms. The van der Waals surface area contributed by atoms with Crippen molar-refractivity contribution in [2.24, 2.45) is 5.84 Å². The first-order valence-corrected chi connectivity index (χ1v) is 6.78. The number of nitrogen functional groups attached to an aromatic ring is 1. The molecule has 3 amide bonds. The number of carbonyl (C=O) groups excluding carboxylic acids is 2. The maximum absolute atomic E-state index is 12.1. The minimum Gasteiger partial charge on any atom is -0.397 e. The highest BCUT2D eigenvalue weighted by molar-refractivity contribution is 7.12. The first kappa shape index (κ1) is 13.8. The molecule has 0 saturated carbocycles. The topological polar surface area (TPSA) is 95.9 Å². The van der Waals surface area contributed by atoms with E-state index in [1.165, 1.54) is 11.3 Å². The van der Waals surface area contributed by atoms with Crippen LogP contribution < -0.4 is 11.6 Å². The van der Waals surface area contributed by atoms with Crippen LogP contribution in [0.4, 0.5) is 10.5 Å². The minimum atomic E-state index is -0.559. The van der Waals surface area contributed by atoms with E-state index in [9.17, 15) is 9.59 Å². The summed E-state index contributed by atoms with van der Waals surface area (Å²) in [5.41, 5.74) is 6.00. The van der Waals surface area contributed by atoms with Crippen LogP contribution in [-0.4, -0.2) is 60.0 Å². The van der Waals surface area contributed by atoms with E-state index in [1.807, 2.05) is 7.05 Å². The van der Waals surface area contributed by atoms with Crippen LogP contribution in [0, 0.1) is 0 Å². The molecular formula is C11H17N5O2S. The van der Waals surface area contributed by atoms with Gasteiger partial charge in [0.1, 0.15) is 4.88 Å². The summed E-state index contributed by atoms with van der Waals surface area (Å²) in [6.07, 6.45) is 0. The van der Waals surface area contributed by atoms with Crippen molar-refractivity contribution < 1.29 is 9.59 Å². The summed E-state index contributed by atoms with van der Waals surface area (Å²) in [5, 5.41) is 2.34. The number of thiophene rings is 1. The lowest BCUT2D eigenvalue weighted by Crippen LogP contribution is -2.55. The smallest absolute Gasteiger partial charge is 0.341 e. The molecule has 1 aromatic rings. The number of nitrogens with two attached hydrogens (primary N) is 2. The van der Waals surface area contributed by atoms with E-state index in [4.69, 9.17) is 11.6 Å². The molecule has 19 heavy (non-hydrogen) atoms. The predicted molar refractivity (Wildman–Crippen MR) is 73.6 cm³/mol. The maximum atomic E-state index is 12.1. The fraction of sp³-hybridized carbons (Fsp3) is 0.455. The number of nitrogens with zero attached hydrogens (tertiary/aromatic N) is 3. The van der Waals surface area contributed by atoms with Crippen molar-refractivity contribution >= 4 is 29.0 Å². The zero-order valence-electron chi connectivity index (χ0n) is 10.7. The number of hydrazine groups is 1. The van der Waals surface area contributed by atoms with Gasteiger partial charge in [-0.2, -0.15) is 5.01 Å². The van der Waals surface area contributed by atoms with E-state index in [0.717, 1.165) is 13.1 Å². The van der Waals surface area contributed by atoms with E-state index in [2.05, 4.69) is 4.90 Å². The molecular weight excluding hydrogens is 266 g/mol. The van der Waals surface area contributed by atoms with Gasteiger partial charge >= 0.3 is 6.03 Å². The van der Waals surface area contributed by atoms with Crippen LogP contribution in [0.5, 0.6) is 0 Å². The van der Waals surface area contributed by atoms with Gasteiger partial charge in [0.15, 0.2) is 0 Å². The Hall–Kier alpha value is -1.64. The molecule has 0 spiro atoms. The number of hydrogen-bond acceptors (Lipinski definition) is 6. The van der Waals surface area contributed by atoms with Crippen LogP contribution in [0.1, 0.15) is 9.67 Å². The van der Waals surface area contributed by atoms with Gasteiger partial charge in [-0.05, 0) is 18.5 Å². The predicted octanol–water partition coefficient (Wildman–Crippen LogP) is 0.0136. The number of imide groups is 1. The van der Waals surface area contributed by atoms with Crippen LogP contribution >= 0.6 is 11.3 Å². The Morgan fingerprint density at radius 1 is 1.32 bits per heavy atom. The molecule has 0 aromatic carbocycles. The number of carbonyl (C=O) groups is 2. The van der Waals surface area contributed by atoms with Crippen LogP contribution in [0.25, 0.3) is 0 Å². The van der Waals surface area contributed by atoms with Crippen molar-refractivity contribution in [3.63, 3.8) is 0 Å². The summed E-state index contributed by atoms with van der Waals surface area (Å²) in [4.78, 5) is 28.1. The molecule has 0 aliphatic carbocycles. The fourth-order valence-electron chi connectivity index (χ4n) is 1.84.